The van der Waals surface area contributed by atoms with Gasteiger partial charge in [0.1, 0.15) is 0 Å². The Morgan fingerprint density at radius 3 is 2.52 bits per heavy atom. The molecule has 1 atom stereocenters. The molecule has 1 unspecified atom stereocenters. The van der Waals surface area contributed by atoms with Gasteiger partial charge in [-0.3, -0.25) is 4.99 Å². The van der Waals surface area contributed by atoms with E-state index in [1.165, 1.54) is 58.2 Å². The second kappa shape index (κ2) is 9.51. The first-order chi connectivity index (χ1) is 11.1. The zero-order valence-electron chi connectivity index (χ0n) is 15.8. The Balaban J connectivity index is 1.70. The molecule has 1 heterocycles. The van der Waals surface area contributed by atoms with Crippen molar-refractivity contribution in [3.63, 3.8) is 0 Å². The first kappa shape index (κ1) is 18.6. The molecule has 0 aromatic carbocycles. The number of piperidine rings is 1. The molecule has 2 rings (SSSR count). The number of likely N-dealkylation sites (tertiary alicyclic amines) is 1. The number of hydrogen-bond acceptors (Lipinski definition) is 2. The van der Waals surface area contributed by atoms with Crippen LogP contribution in [0, 0.1) is 17.8 Å². The maximum absolute atomic E-state index is 4.44. The lowest BCUT2D eigenvalue weighted by molar-refractivity contribution is 0.183. The highest BCUT2D eigenvalue weighted by atomic mass is 15.2. The zero-order valence-corrected chi connectivity index (χ0v) is 15.8. The second-order valence-electron chi connectivity index (χ2n) is 7.85. The molecule has 1 saturated heterocycles. The molecule has 0 amide bonds. The van der Waals surface area contributed by atoms with E-state index in [1.54, 1.807) is 0 Å². The van der Waals surface area contributed by atoms with Crippen LogP contribution in [0.4, 0.5) is 0 Å². The van der Waals surface area contributed by atoms with Crippen molar-refractivity contribution in [3.05, 3.63) is 0 Å². The van der Waals surface area contributed by atoms with E-state index in [4.69, 9.17) is 0 Å². The minimum Gasteiger partial charge on any atom is -0.356 e. The van der Waals surface area contributed by atoms with E-state index in [2.05, 4.69) is 41.3 Å². The molecule has 1 aliphatic heterocycles. The van der Waals surface area contributed by atoms with Crippen molar-refractivity contribution in [2.45, 2.75) is 65.3 Å². The number of hydrogen-bond donors (Lipinski definition) is 2. The van der Waals surface area contributed by atoms with E-state index in [0.29, 0.717) is 6.04 Å². The van der Waals surface area contributed by atoms with Gasteiger partial charge in [-0.05, 0) is 69.4 Å². The van der Waals surface area contributed by atoms with Gasteiger partial charge in [0.15, 0.2) is 5.96 Å². The van der Waals surface area contributed by atoms with Crippen LogP contribution in [0.1, 0.15) is 59.3 Å². The molecule has 23 heavy (non-hydrogen) atoms. The van der Waals surface area contributed by atoms with Gasteiger partial charge in [0, 0.05) is 26.2 Å². The number of nitrogens with zero attached hydrogens (tertiary/aromatic N) is 2. The molecule has 134 valence electrons. The van der Waals surface area contributed by atoms with Gasteiger partial charge in [0.05, 0.1) is 0 Å². The summed E-state index contributed by atoms with van der Waals surface area (Å²) < 4.78 is 0. The summed E-state index contributed by atoms with van der Waals surface area (Å²) in [6.45, 7) is 11.7. The van der Waals surface area contributed by atoms with Crippen LogP contribution in [0.2, 0.25) is 0 Å². The Morgan fingerprint density at radius 2 is 1.91 bits per heavy atom. The monoisotopic (exact) mass is 322 g/mol. The van der Waals surface area contributed by atoms with Crippen molar-refractivity contribution in [2.24, 2.45) is 22.7 Å². The normalized spacial score (nSPS) is 30.5. The third-order valence-corrected chi connectivity index (χ3v) is 5.89. The average Bonchev–Trinajstić information content (AvgIpc) is 2.59. The summed E-state index contributed by atoms with van der Waals surface area (Å²) in [7, 11) is 1.90. The summed E-state index contributed by atoms with van der Waals surface area (Å²) in [5.41, 5.74) is 0. The highest BCUT2D eigenvalue weighted by Gasteiger charge is 2.24. The summed E-state index contributed by atoms with van der Waals surface area (Å²) >= 11 is 0. The third kappa shape index (κ3) is 5.98. The Bertz CT molecular complexity index is 358. The van der Waals surface area contributed by atoms with Crippen molar-refractivity contribution >= 4 is 5.96 Å². The van der Waals surface area contributed by atoms with Crippen LogP contribution in [0.15, 0.2) is 4.99 Å². The van der Waals surface area contributed by atoms with Crippen LogP contribution in [-0.2, 0) is 0 Å². The molecule has 0 spiro atoms. The Kier molecular flexibility index (Phi) is 7.68. The van der Waals surface area contributed by atoms with Crippen molar-refractivity contribution in [2.75, 3.05) is 33.2 Å². The molecule has 4 heteroatoms. The number of guanidine groups is 1. The highest BCUT2D eigenvalue weighted by molar-refractivity contribution is 5.79. The molecule has 2 aliphatic rings. The van der Waals surface area contributed by atoms with Gasteiger partial charge in [0.2, 0.25) is 0 Å². The molecular formula is C19H38N4. The zero-order chi connectivity index (χ0) is 16.7. The molecular weight excluding hydrogens is 284 g/mol. The lowest BCUT2D eigenvalue weighted by Crippen LogP contribution is -2.48. The van der Waals surface area contributed by atoms with Crippen molar-refractivity contribution in [3.8, 4) is 0 Å². The van der Waals surface area contributed by atoms with Gasteiger partial charge in [0.25, 0.3) is 0 Å². The first-order valence-corrected chi connectivity index (χ1v) is 9.81. The maximum Gasteiger partial charge on any atom is 0.191 e. The van der Waals surface area contributed by atoms with Gasteiger partial charge in [-0.15, -0.1) is 0 Å². The van der Waals surface area contributed by atoms with E-state index in [9.17, 15) is 0 Å². The fraction of sp³-hybridized carbons (Fsp3) is 0.947. The fourth-order valence-corrected chi connectivity index (χ4v) is 4.16. The van der Waals surface area contributed by atoms with Gasteiger partial charge < -0.3 is 15.5 Å². The largest absolute Gasteiger partial charge is 0.356 e. The minimum atomic E-state index is 0.606. The summed E-state index contributed by atoms with van der Waals surface area (Å²) in [6, 6.07) is 0.606. The number of nitrogens with one attached hydrogen (secondary N) is 2. The fourth-order valence-electron chi connectivity index (χ4n) is 4.16. The molecule has 1 aliphatic carbocycles. The second-order valence-corrected chi connectivity index (χ2v) is 7.85. The molecule has 0 aromatic heterocycles. The van der Waals surface area contributed by atoms with Crippen molar-refractivity contribution < 1.29 is 0 Å². The standard InChI is InChI=1S/C19H38N4/c1-5-23-12-6-7-16(14-23)13-21-19(20-4)22-18-10-8-17(9-11-18)15(2)3/h15-18H,5-14H2,1-4H3,(H2,20,21,22). The molecule has 0 radical (unpaired) electrons. The molecule has 0 aromatic rings. The van der Waals surface area contributed by atoms with Crippen LogP contribution in [0.25, 0.3) is 0 Å². The summed E-state index contributed by atoms with van der Waals surface area (Å²) in [5, 5.41) is 7.23. The van der Waals surface area contributed by atoms with Crippen LogP contribution in [0.3, 0.4) is 0 Å². The van der Waals surface area contributed by atoms with E-state index >= 15 is 0 Å². The third-order valence-electron chi connectivity index (χ3n) is 5.89. The lowest BCUT2D eigenvalue weighted by Gasteiger charge is -2.34. The SMILES string of the molecule is CCN1CCCC(CNC(=NC)NC2CCC(C(C)C)CC2)C1. The molecule has 2 N–H and O–H groups in total. The van der Waals surface area contributed by atoms with E-state index in [0.717, 1.165) is 30.3 Å². The summed E-state index contributed by atoms with van der Waals surface area (Å²) in [6.07, 6.45) is 7.99. The Labute approximate surface area is 143 Å². The predicted octanol–water partition coefficient (Wildman–Crippen LogP) is 3.10. The molecule has 0 bridgehead atoms. The maximum atomic E-state index is 4.44. The van der Waals surface area contributed by atoms with Crippen molar-refractivity contribution in [1.82, 2.24) is 15.5 Å². The smallest absolute Gasteiger partial charge is 0.191 e. The highest BCUT2D eigenvalue weighted by Crippen LogP contribution is 2.29. The summed E-state index contributed by atoms with van der Waals surface area (Å²) in [4.78, 5) is 7.01. The van der Waals surface area contributed by atoms with E-state index in [1.807, 2.05) is 7.05 Å². The van der Waals surface area contributed by atoms with Gasteiger partial charge >= 0.3 is 0 Å². The minimum absolute atomic E-state index is 0.606. The van der Waals surface area contributed by atoms with Gasteiger partial charge in [-0.25, -0.2) is 0 Å². The Morgan fingerprint density at radius 1 is 1.17 bits per heavy atom. The van der Waals surface area contributed by atoms with Crippen LogP contribution < -0.4 is 10.6 Å². The van der Waals surface area contributed by atoms with E-state index < -0.39 is 0 Å². The van der Waals surface area contributed by atoms with Gasteiger partial charge in [-0.1, -0.05) is 20.8 Å². The number of aliphatic imine (C=N–C) groups is 1. The van der Waals surface area contributed by atoms with Crippen LogP contribution in [-0.4, -0.2) is 50.1 Å². The topological polar surface area (TPSA) is 39.7 Å². The van der Waals surface area contributed by atoms with Crippen molar-refractivity contribution in [1.29, 1.82) is 0 Å². The van der Waals surface area contributed by atoms with Crippen LogP contribution >= 0.6 is 0 Å². The number of rotatable bonds is 5. The predicted molar refractivity (Wildman–Crippen MR) is 99.9 cm³/mol. The molecule has 2 fully saturated rings. The van der Waals surface area contributed by atoms with Crippen LogP contribution in [0.5, 0.6) is 0 Å². The Hall–Kier alpha value is -0.770. The van der Waals surface area contributed by atoms with Gasteiger partial charge in [-0.2, -0.15) is 0 Å². The molecule has 4 nitrogen and oxygen atoms in total. The molecule has 1 saturated carbocycles. The van der Waals surface area contributed by atoms with E-state index in [-0.39, 0.29) is 0 Å². The first-order valence-electron chi connectivity index (χ1n) is 9.81. The average molecular weight is 323 g/mol. The summed E-state index contributed by atoms with van der Waals surface area (Å²) in [5.74, 6) is 3.53. The lowest BCUT2D eigenvalue weighted by atomic mass is 9.80. The quantitative estimate of drug-likeness (QED) is 0.603.